The Bertz CT molecular complexity index is 132. The highest BCUT2D eigenvalue weighted by Gasteiger charge is 2.18. The summed E-state index contributed by atoms with van der Waals surface area (Å²) in [5.74, 6) is -0.00245. The second-order valence-corrected chi connectivity index (χ2v) is 3.15. The number of hydrogen-bond acceptors (Lipinski definition) is 2. The molecule has 1 rings (SSSR count). The lowest BCUT2D eigenvalue weighted by molar-refractivity contribution is -0.154. The van der Waals surface area contributed by atoms with Crippen molar-refractivity contribution in [2.24, 2.45) is 0 Å². The van der Waals surface area contributed by atoms with Gasteiger partial charge in [0.25, 0.3) is 0 Å². The summed E-state index contributed by atoms with van der Waals surface area (Å²) in [7, 11) is 0. The van der Waals surface area contributed by atoms with Crippen molar-refractivity contribution in [3.63, 3.8) is 0 Å². The summed E-state index contributed by atoms with van der Waals surface area (Å²) in [5.41, 5.74) is 0. The maximum absolute atomic E-state index is 10.8. The summed E-state index contributed by atoms with van der Waals surface area (Å²) >= 11 is 0. The van der Waals surface area contributed by atoms with E-state index in [0.717, 1.165) is 19.3 Å². The predicted octanol–water partition coefficient (Wildman–Crippen LogP) is 2.27. The Morgan fingerprint density at radius 3 is 3.09 bits per heavy atom. The molecule has 0 unspecified atom stereocenters. The van der Waals surface area contributed by atoms with Crippen LogP contribution < -0.4 is 0 Å². The van der Waals surface area contributed by atoms with Gasteiger partial charge in [-0.3, -0.25) is 4.79 Å². The van der Waals surface area contributed by atoms with E-state index in [9.17, 15) is 4.79 Å². The summed E-state index contributed by atoms with van der Waals surface area (Å²) in [6.45, 7) is 2.16. The molecule has 11 heavy (non-hydrogen) atoms. The first kappa shape index (κ1) is 8.57. The van der Waals surface area contributed by atoms with Crippen molar-refractivity contribution in [2.75, 3.05) is 0 Å². The van der Waals surface area contributed by atoms with Gasteiger partial charge in [0.2, 0.25) is 0 Å². The summed E-state index contributed by atoms with van der Waals surface area (Å²) in [6.07, 6.45) is 6.38. The summed E-state index contributed by atoms with van der Waals surface area (Å²) in [5, 5.41) is 0. The molecule has 0 bridgehead atoms. The first-order chi connectivity index (χ1) is 5.33. The smallest absolute Gasteiger partial charge is 0.306 e. The first-order valence-electron chi connectivity index (χ1n) is 4.52. The van der Waals surface area contributed by atoms with Crippen molar-refractivity contribution >= 4 is 5.97 Å². The molecule has 1 fully saturated rings. The average Bonchev–Trinajstić information content (AvgIpc) is 2.01. The molecule has 0 spiro atoms. The summed E-state index contributed by atoms with van der Waals surface area (Å²) in [6, 6.07) is 0. The fourth-order valence-corrected chi connectivity index (χ4v) is 1.41. The molecule has 0 aromatic rings. The zero-order valence-corrected chi connectivity index (χ0v) is 7.14. The molecule has 1 atom stereocenters. The molecule has 0 aromatic carbocycles. The summed E-state index contributed by atoms with van der Waals surface area (Å²) < 4.78 is 5.15. The average molecular weight is 156 g/mol. The van der Waals surface area contributed by atoms with Crippen LogP contribution >= 0.6 is 0 Å². The van der Waals surface area contributed by atoms with Crippen LogP contribution in [0.3, 0.4) is 0 Å². The minimum absolute atomic E-state index is 0.00245. The zero-order valence-electron chi connectivity index (χ0n) is 7.14. The fourth-order valence-electron chi connectivity index (χ4n) is 1.41. The molecule has 0 aromatic heterocycles. The SMILES string of the molecule is CCCC[C@@H]1CCCC(=O)O1. The molecule has 1 aliphatic rings. The number of ether oxygens (including phenoxy) is 1. The van der Waals surface area contributed by atoms with Gasteiger partial charge in [0, 0.05) is 6.42 Å². The zero-order chi connectivity index (χ0) is 8.10. The lowest BCUT2D eigenvalue weighted by Gasteiger charge is -2.21. The molecule has 1 aliphatic heterocycles. The van der Waals surface area contributed by atoms with Crippen molar-refractivity contribution in [1.29, 1.82) is 0 Å². The molecule has 64 valence electrons. The number of carbonyl (C=O) groups excluding carboxylic acids is 1. The van der Waals surface area contributed by atoms with Crippen LogP contribution in [0.5, 0.6) is 0 Å². The Hall–Kier alpha value is -0.530. The van der Waals surface area contributed by atoms with Crippen molar-refractivity contribution in [3.8, 4) is 0 Å². The third-order valence-electron chi connectivity index (χ3n) is 2.08. The Labute approximate surface area is 67.9 Å². The number of hydrogen-bond donors (Lipinski definition) is 0. The van der Waals surface area contributed by atoms with Gasteiger partial charge in [0.1, 0.15) is 6.10 Å². The molecule has 2 heteroatoms. The highest BCUT2D eigenvalue weighted by atomic mass is 16.5. The van der Waals surface area contributed by atoms with Crippen molar-refractivity contribution in [3.05, 3.63) is 0 Å². The normalized spacial score (nSPS) is 24.8. The highest BCUT2D eigenvalue weighted by molar-refractivity contribution is 5.70. The van der Waals surface area contributed by atoms with E-state index in [-0.39, 0.29) is 12.1 Å². The maximum atomic E-state index is 10.8. The van der Waals surface area contributed by atoms with Crippen LogP contribution in [0.4, 0.5) is 0 Å². The topological polar surface area (TPSA) is 26.3 Å². The minimum atomic E-state index is -0.00245. The lowest BCUT2D eigenvalue weighted by Crippen LogP contribution is -2.23. The Morgan fingerprint density at radius 1 is 1.64 bits per heavy atom. The van der Waals surface area contributed by atoms with Gasteiger partial charge in [-0.1, -0.05) is 19.8 Å². The Kier molecular flexibility index (Phi) is 3.40. The van der Waals surface area contributed by atoms with Crippen LogP contribution in [0, 0.1) is 0 Å². The predicted molar refractivity (Wildman–Crippen MR) is 43.3 cm³/mol. The van der Waals surface area contributed by atoms with E-state index in [1.54, 1.807) is 0 Å². The monoisotopic (exact) mass is 156 g/mol. The number of esters is 1. The fraction of sp³-hybridized carbons (Fsp3) is 0.889. The number of rotatable bonds is 3. The van der Waals surface area contributed by atoms with Crippen LogP contribution in [0.25, 0.3) is 0 Å². The quantitative estimate of drug-likeness (QED) is 0.586. The molecule has 0 radical (unpaired) electrons. The highest BCUT2D eigenvalue weighted by Crippen LogP contribution is 2.18. The van der Waals surface area contributed by atoms with E-state index in [1.807, 2.05) is 0 Å². The van der Waals surface area contributed by atoms with Crippen molar-refractivity contribution in [1.82, 2.24) is 0 Å². The number of carbonyl (C=O) groups is 1. The number of unbranched alkanes of at least 4 members (excludes halogenated alkanes) is 1. The molecule has 0 aliphatic carbocycles. The van der Waals surface area contributed by atoms with Gasteiger partial charge in [0.15, 0.2) is 0 Å². The van der Waals surface area contributed by atoms with E-state index >= 15 is 0 Å². The lowest BCUT2D eigenvalue weighted by atomic mass is 10.0. The van der Waals surface area contributed by atoms with E-state index in [4.69, 9.17) is 4.74 Å². The van der Waals surface area contributed by atoms with Crippen LogP contribution in [0.2, 0.25) is 0 Å². The third kappa shape index (κ3) is 2.91. The summed E-state index contributed by atoms with van der Waals surface area (Å²) in [4.78, 5) is 10.8. The maximum Gasteiger partial charge on any atom is 0.306 e. The molecular formula is C9H16O2. The van der Waals surface area contributed by atoms with Crippen molar-refractivity contribution in [2.45, 2.75) is 51.6 Å². The minimum Gasteiger partial charge on any atom is -0.462 e. The largest absolute Gasteiger partial charge is 0.462 e. The van der Waals surface area contributed by atoms with E-state index in [1.165, 1.54) is 12.8 Å². The molecular weight excluding hydrogens is 140 g/mol. The van der Waals surface area contributed by atoms with Gasteiger partial charge in [-0.2, -0.15) is 0 Å². The van der Waals surface area contributed by atoms with Gasteiger partial charge >= 0.3 is 5.97 Å². The van der Waals surface area contributed by atoms with E-state index < -0.39 is 0 Å². The first-order valence-corrected chi connectivity index (χ1v) is 4.52. The van der Waals surface area contributed by atoms with Crippen LogP contribution in [-0.4, -0.2) is 12.1 Å². The molecule has 0 amide bonds. The molecule has 1 saturated heterocycles. The molecule has 1 heterocycles. The van der Waals surface area contributed by atoms with Crippen LogP contribution in [-0.2, 0) is 9.53 Å². The van der Waals surface area contributed by atoms with E-state index in [2.05, 4.69) is 6.92 Å². The van der Waals surface area contributed by atoms with Gasteiger partial charge in [-0.25, -0.2) is 0 Å². The van der Waals surface area contributed by atoms with Gasteiger partial charge < -0.3 is 4.74 Å². The Balaban J connectivity index is 2.17. The Morgan fingerprint density at radius 2 is 2.45 bits per heavy atom. The second kappa shape index (κ2) is 4.37. The molecule has 0 saturated carbocycles. The molecule has 0 N–H and O–H groups in total. The number of cyclic esters (lactones) is 1. The van der Waals surface area contributed by atoms with Gasteiger partial charge in [0.05, 0.1) is 0 Å². The van der Waals surface area contributed by atoms with Crippen molar-refractivity contribution < 1.29 is 9.53 Å². The second-order valence-electron chi connectivity index (χ2n) is 3.15. The molecule has 2 nitrogen and oxygen atoms in total. The van der Waals surface area contributed by atoms with Gasteiger partial charge in [-0.05, 0) is 19.3 Å². The van der Waals surface area contributed by atoms with E-state index in [0.29, 0.717) is 6.42 Å². The standard InChI is InChI=1S/C9H16O2/c1-2-3-5-8-6-4-7-9(10)11-8/h8H,2-7H2,1H3/t8-/m1/s1. The third-order valence-corrected chi connectivity index (χ3v) is 2.08. The van der Waals surface area contributed by atoms with Gasteiger partial charge in [-0.15, -0.1) is 0 Å². The van der Waals surface area contributed by atoms with Crippen LogP contribution in [0.15, 0.2) is 0 Å². The van der Waals surface area contributed by atoms with Crippen LogP contribution in [0.1, 0.15) is 45.4 Å².